The first-order valence-corrected chi connectivity index (χ1v) is 10.3. The van der Waals surface area contributed by atoms with Crippen LogP contribution in [0.15, 0.2) is 48.5 Å². The van der Waals surface area contributed by atoms with E-state index in [-0.39, 0.29) is 6.04 Å². The molecular formula is C24H30N6. The zero-order valence-corrected chi connectivity index (χ0v) is 18.3. The number of nitrogens with one attached hydrogen (secondary N) is 3. The summed E-state index contributed by atoms with van der Waals surface area (Å²) in [7, 11) is 0. The van der Waals surface area contributed by atoms with Gasteiger partial charge in [0.05, 0.1) is 0 Å². The van der Waals surface area contributed by atoms with Crippen LogP contribution in [0.3, 0.4) is 0 Å². The molecule has 1 atom stereocenters. The Kier molecular flexibility index (Phi) is 7.01. The summed E-state index contributed by atoms with van der Waals surface area (Å²) in [5, 5.41) is 9.98. The summed E-state index contributed by atoms with van der Waals surface area (Å²) < 4.78 is 0. The van der Waals surface area contributed by atoms with Crippen molar-refractivity contribution in [3.05, 3.63) is 65.2 Å². The van der Waals surface area contributed by atoms with Crippen LogP contribution in [0.5, 0.6) is 0 Å². The fourth-order valence-corrected chi connectivity index (χ4v) is 2.96. The van der Waals surface area contributed by atoms with Crippen molar-refractivity contribution < 1.29 is 0 Å². The zero-order valence-electron chi connectivity index (χ0n) is 18.3. The van der Waals surface area contributed by atoms with Gasteiger partial charge in [0.15, 0.2) is 0 Å². The van der Waals surface area contributed by atoms with Crippen LogP contribution in [-0.2, 0) is 0 Å². The van der Waals surface area contributed by atoms with Gasteiger partial charge in [0.25, 0.3) is 0 Å². The topological polar surface area (TPSA) is 74.8 Å². The molecule has 0 aliphatic carbocycles. The summed E-state index contributed by atoms with van der Waals surface area (Å²) in [4.78, 5) is 13.7. The Morgan fingerprint density at radius 1 is 0.900 bits per heavy atom. The third kappa shape index (κ3) is 5.56. The van der Waals surface area contributed by atoms with E-state index in [1.54, 1.807) is 0 Å². The summed E-state index contributed by atoms with van der Waals surface area (Å²) in [5.41, 5.74) is 5.40. The Labute approximate surface area is 178 Å². The van der Waals surface area contributed by atoms with Crippen LogP contribution in [0.25, 0.3) is 6.08 Å². The highest BCUT2D eigenvalue weighted by atomic mass is 15.3. The van der Waals surface area contributed by atoms with E-state index in [9.17, 15) is 0 Å². The van der Waals surface area contributed by atoms with Gasteiger partial charge < -0.3 is 16.0 Å². The molecule has 30 heavy (non-hydrogen) atoms. The van der Waals surface area contributed by atoms with E-state index in [1.807, 2.05) is 37.3 Å². The van der Waals surface area contributed by atoms with E-state index >= 15 is 0 Å². The molecule has 2 aromatic carbocycles. The highest BCUT2D eigenvalue weighted by Crippen LogP contribution is 2.23. The van der Waals surface area contributed by atoms with Crippen LogP contribution in [-0.4, -0.2) is 21.0 Å². The summed E-state index contributed by atoms with van der Waals surface area (Å²) in [6, 6.07) is 14.5. The van der Waals surface area contributed by atoms with Gasteiger partial charge in [-0.2, -0.15) is 15.0 Å². The molecule has 0 aliphatic rings. The molecule has 0 aliphatic heterocycles. The number of benzene rings is 2. The fraction of sp³-hybridized carbons (Fsp3) is 0.292. The monoisotopic (exact) mass is 402 g/mol. The average Bonchev–Trinajstić information content (AvgIpc) is 2.71. The third-order valence-corrected chi connectivity index (χ3v) is 4.89. The van der Waals surface area contributed by atoms with Crippen molar-refractivity contribution in [3.8, 4) is 0 Å². The molecule has 1 aromatic heterocycles. The van der Waals surface area contributed by atoms with Crippen LogP contribution >= 0.6 is 0 Å². The molecule has 3 aromatic rings. The molecule has 6 heteroatoms. The predicted octanol–water partition coefficient (Wildman–Crippen LogP) is 6.22. The van der Waals surface area contributed by atoms with E-state index in [1.165, 1.54) is 11.1 Å². The standard InChI is InChI=1S/C24H30N6/c1-6-10-19-13-14-20(15-17(19)4)26-23-28-22(25-18(5)7-2)29-24(30-23)27-21-12-9-8-11-16(21)3/h6,8-15,18H,7H2,1-5H3,(H3,25,26,27,28,29,30). The Morgan fingerprint density at radius 3 is 2.27 bits per heavy atom. The Hall–Kier alpha value is -3.41. The first kappa shape index (κ1) is 21.3. The number of aryl methyl sites for hydroxylation is 2. The van der Waals surface area contributed by atoms with Crippen LogP contribution in [0.1, 0.15) is 43.9 Å². The number of nitrogens with zero attached hydrogens (tertiary/aromatic N) is 3. The second-order valence-electron chi connectivity index (χ2n) is 7.40. The lowest BCUT2D eigenvalue weighted by molar-refractivity contribution is 0.751. The maximum Gasteiger partial charge on any atom is 0.233 e. The molecule has 1 unspecified atom stereocenters. The van der Waals surface area contributed by atoms with E-state index in [2.05, 4.69) is 82.9 Å². The molecule has 0 bridgehead atoms. The molecule has 0 fully saturated rings. The van der Waals surface area contributed by atoms with Crippen LogP contribution < -0.4 is 16.0 Å². The molecule has 0 saturated heterocycles. The normalized spacial score (nSPS) is 12.0. The minimum absolute atomic E-state index is 0.258. The number of hydrogen-bond donors (Lipinski definition) is 3. The van der Waals surface area contributed by atoms with Crippen LogP contribution in [0, 0.1) is 13.8 Å². The number of para-hydroxylation sites is 1. The van der Waals surface area contributed by atoms with Gasteiger partial charge in [-0.3, -0.25) is 0 Å². The first-order valence-electron chi connectivity index (χ1n) is 10.3. The van der Waals surface area contributed by atoms with Gasteiger partial charge in [-0.15, -0.1) is 0 Å². The van der Waals surface area contributed by atoms with Crippen molar-refractivity contribution in [2.24, 2.45) is 0 Å². The molecule has 0 amide bonds. The van der Waals surface area contributed by atoms with Crippen molar-refractivity contribution >= 4 is 35.3 Å². The van der Waals surface area contributed by atoms with Crippen molar-refractivity contribution in [1.29, 1.82) is 0 Å². The molecule has 0 saturated carbocycles. The SMILES string of the molecule is CC=Cc1ccc(Nc2nc(Nc3ccccc3C)nc(NC(C)CC)n2)cc1C. The lowest BCUT2D eigenvalue weighted by atomic mass is 10.1. The quantitative estimate of drug-likeness (QED) is 0.415. The van der Waals surface area contributed by atoms with Gasteiger partial charge in [-0.05, 0) is 69.0 Å². The van der Waals surface area contributed by atoms with E-state index in [0.29, 0.717) is 17.8 Å². The predicted molar refractivity (Wildman–Crippen MR) is 127 cm³/mol. The molecule has 156 valence electrons. The number of allylic oxidation sites excluding steroid dienone is 1. The van der Waals surface area contributed by atoms with Crippen molar-refractivity contribution in [1.82, 2.24) is 15.0 Å². The van der Waals surface area contributed by atoms with Gasteiger partial charge in [0, 0.05) is 17.4 Å². The number of hydrogen-bond acceptors (Lipinski definition) is 6. The average molecular weight is 403 g/mol. The summed E-state index contributed by atoms with van der Waals surface area (Å²) >= 11 is 0. The summed E-state index contributed by atoms with van der Waals surface area (Å²) in [6.45, 7) is 10.4. The molecule has 0 spiro atoms. The number of anilines is 5. The maximum atomic E-state index is 4.59. The van der Waals surface area contributed by atoms with Crippen molar-refractivity contribution in [3.63, 3.8) is 0 Å². The number of aromatic nitrogens is 3. The van der Waals surface area contributed by atoms with Crippen LogP contribution in [0.2, 0.25) is 0 Å². The minimum atomic E-state index is 0.258. The van der Waals surface area contributed by atoms with E-state index in [0.717, 1.165) is 23.4 Å². The molecule has 1 heterocycles. The minimum Gasteiger partial charge on any atom is -0.352 e. The Bertz CT molecular complexity index is 1030. The van der Waals surface area contributed by atoms with Crippen molar-refractivity contribution in [2.45, 2.75) is 47.1 Å². The van der Waals surface area contributed by atoms with Crippen molar-refractivity contribution in [2.75, 3.05) is 16.0 Å². The summed E-state index contributed by atoms with van der Waals surface area (Å²) in [5.74, 6) is 1.53. The van der Waals surface area contributed by atoms with Crippen LogP contribution in [0.4, 0.5) is 29.2 Å². The largest absolute Gasteiger partial charge is 0.352 e. The van der Waals surface area contributed by atoms with E-state index < -0.39 is 0 Å². The van der Waals surface area contributed by atoms with Gasteiger partial charge in [0.1, 0.15) is 0 Å². The lowest BCUT2D eigenvalue weighted by Gasteiger charge is -2.15. The molecule has 3 rings (SSSR count). The van der Waals surface area contributed by atoms with Gasteiger partial charge >= 0.3 is 0 Å². The smallest absolute Gasteiger partial charge is 0.233 e. The Balaban J connectivity index is 1.91. The molecule has 6 nitrogen and oxygen atoms in total. The first-order chi connectivity index (χ1) is 14.5. The Morgan fingerprint density at radius 2 is 1.60 bits per heavy atom. The molecule has 3 N–H and O–H groups in total. The second kappa shape index (κ2) is 9.87. The maximum absolute atomic E-state index is 4.59. The highest BCUT2D eigenvalue weighted by molar-refractivity contribution is 5.64. The van der Waals surface area contributed by atoms with Gasteiger partial charge in [-0.25, -0.2) is 0 Å². The molecular weight excluding hydrogens is 372 g/mol. The van der Waals surface area contributed by atoms with Gasteiger partial charge in [0.2, 0.25) is 17.8 Å². The number of rotatable bonds is 8. The van der Waals surface area contributed by atoms with Gasteiger partial charge in [-0.1, -0.05) is 43.3 Å². The fourth-order valence-electron chi connectivity index (χ4n) is 2.96. The third-order valence-electron chi connectivity index (χ3n) is 4.89. The van der Waals surface area contributed by atoms with E-state index in [4.69, 9.17) is 0 Å². The molecule has 0 radical (unpaired) electrons. The highest BCUT2D eigenvalue weighted by Gasteiger charge is 2.10. The lowest BCUT2D eigenvalue weighted by Crippen LogP contribution is -2.17. The zero-order chi connectivity index (χ0) is 21.5. The summed E-state index contributed by atoms with van der Waals surface area (Å²) in [6.07, 6.45) is 5.11. The second-order valence-corrected chi connectivity index (χ2v) is 7.40.